The molecule has 2 rings (SSSR count). The Kier molecular flexibility index (Phi) is 4.85. The first kappa shape index (κ1) is 14.7. The molecule has 0 aliphatic heterocycles. The number of hydrogen-bond acceptors (Lipinski definition) is 1. The van der Waals surface area contributed by atoms with Gasteiger partial charge in [-0.25, -0.2) is 8.78 Å². The highest BCUT2D eigenvalue weighted by Crippen LogP contribution is 2.26. The van der Waals surface area contributed by atoms with E-state index in [9.17, 15) is 8.78 Å². The van der Waals surface area contributed by atoms with Crippen LogP contribution in [0.1, 0.15) is 31.9 Å². The van der Waals surface area contributed by atoms with E-state index in [1.165, 1.54) is 12.1 Å². The van der Waals surface area contributed by atoms with E-state index >= 15 is 0 Å². The summed E-state index contributed by atoms with van der Waals surface area (Å²) in [7, 11) is 0. The maximum absolute atomic E-state index is 13.8. The normalized spacial score (nSPS) is 12.4. The summed E-state index contributed by atoms with van der Waals surface area (Å²) in [4.78, 5) is 0. The highest BCUT2D eigenvalue weighted by molar-refractivity contribution is 5.65. The van der Waals surface area contributed by atoms with Gasteiger partial charge in [0.05, 0.1) is 0 Å². The Balaban J connectivity index is 2.29. The molecule has 0 saturated carbocycles. The van der Waals surface area contributed by atoms with Crippen LogP contribution in [0.4, 0.5) is 8.78 Å². The summed E-state index contributed by atoms with van der Waals surface area (Å²) < 4.78 is 26.8. The molecule has 0 spiro atoms. The van der Waals surface area contributed by atoms with E-state index in [0.717, 1.165) is 30.2 Å². The van der Waals surface area contributed by atoms with E-state index in [1.807, 2.05) is 24.3 Å². The molecular formula is C17H19F2N. The van der Waals surface area contributed by atoms with E-state index < -0.39 is 11.6 Å². The molecule has 106 valence electrons. The number of hydrogen-bond donors (Lipinski definition) is 1. The number of benzene rings is 2. The van der Waals surface area contributed by atoms with Gasteiger partial charge in [-0.2, -0.15) is 0 Å². The molecule has 0 radical (unpaired) electrons. The van der Waals surface area contributed by atoms with Crippen molar-refractivity contribution in [2.75, 3.05) is 6.54 Å². The van der Waals surface area contributed by atoms with Crippen LogP contribution in [0.25, 0.3) is 11.1 Å². The molecule has 0 amide bonds. The lowest BCUT2D eigenvalue weighted by Crippen LogP contribution is -2.19. The first-order valence-corrected chi connectivity index (χ1v) is 6.90. The minimum absolute atomic E-state index is 0.207. The van der Waals surface area contributed by atoms with Crippen molar-refractivity contribution >= 4 is 0 Å². The summed E-state index contributed by atoms with van der Waals surface area (Å²) in [5, 5.41) is 3.40. The van der Waals surface area contributed by atoms with Crippen LogP contribution >= 0.6 is 0 Å². The highest BCUT2D eigenvalue weighted by Gasteiger charge is 2.09. The zero-order valence-corrected chi connectivity index (χ0v) is 11.8. The van der Waals surface area contributed by atoms with Crippen molar-refractivity contribution in [2.45, 2.75) is 26.3 Å². The van der Waals surface area contributed by atoms with E-state index in [4.69, 9.17) is 0 Å². The van der Waals surface area contributed by atoms with Crippen molar-refractivity contribution < 1.29 is 8.78 Å². The molecule has 2 aromatic rings. The maximum Gasteiger partial charge on any atom is 0.133 e. The van der Waals surface area contributed by atoms with Crippen molar-refractivity contribution in [2.24, 2.45) is 0 Å². The lowest BCUT2D eigenvalue weighted by molar-refractivity contribution is 0.570. The van der Waals surface area contributed by atoms with Gasteiger partial charge in [0, 0.05) is 17.7 Å². The van der Waals surface area contributed by atoms with Gasteiger partial charge in [0.25, 0.3) is 0 Å². The molecule has 2 aromatic carbocycles. The molecule has 0 saturated heterocycles. The quantitative estimate of drug-likeness (QED) is 0.834. The third-order valence-electron chi connectivity index (χ3n) is 3.33. The molecule has 1 atom stereocenters. The van der Waals surface area contributed by atoms with Gasteiger partial charge in [-0.1, -0.05) is 25.1 Å². The van der Waals surface area contributed by atoms with Gasteiger partial charge < -0.3 is 5.32 Å². The van der Waals surface area contributed by atoms with Crippen LogP contribution in [-0.2, 0) is 0 Å². The van der Waals surface area contributed by atoms with E-state index in [2.05, 4.69) is 19.2 Å². The topological polar surface area (TPSA) is 12.0 Å². The molecule has 20 heavy (non-hydrogen) atoms. The Morgan fingerprint density at radius 3 is 2.60 bits per heavy atom. The van der Waals surface area contributed by atoms with Crippen molar-refractivity contribution in [3.05, 3.63) is 59.7 Å². The van der Waals surface area contributed by atoms with Gasteiger partial charge >= 0.3 is 0 Å². The third kappa shape index (κ3) is 3.42. The van der Waals surface area contributed by atoms with Gasteiger partial charge in [-0.05, 0) is 49.2 Å². The van der Waals surface area contributed by atoms with Crippen LogP contribution in [0.3, 0.4) is 0 Å². The van der Waals surface area contributed by atoms with Crippen molar-refractivity contribution in [1.29, 1.82) is 0 Å². The fourth-order valence-corrected chi connectivity index (χ4v) is 2.18. The van der Waals surface area contributed by atoms with Crippen LogP contribution in [0.5, 0.6) is 0 Å². The fourth-order valence-electron chi connectivity index (χ4n) is 2.18. The monoisotopic (exact) mass is 275 g/mol. The summed E-state index contributed by atoms with van der Waals surface area (Å²) in [6.07, 6.45) is 1.07. The smallest absolute Gasteiger partial charge is 0.133 e. The number of halogens is 2. The first-order valence-electron chi connectivity index (χ1n) is 6.90. The molecular weight excluding hydrogens is 256 g/mol. The van der Waals surface area contributed by atoms with Crippen molar-refractivity contribution in [3.8, 4) is 11.1 Å². The Morgan fingerprint density at radius 2 is 1.90 bits per heavy atom. The largest absolute Gasteiger partial charge is 0.310 e. The zero-order chi connectivity index (χ0) is 14.5. The second kappa shape index (κ2) is 6.62. The third-order valence-corrected chi connectivity index (χ3v) is 3.33. The Bertz CT molecular complexity index is 581. The Morgan fingerprint density at radius 1 is 1.10 bits per heavy atom. The lowest BCUT2D eigenvalue weighted by Gasteiger charge is -2.15. The average Bonchev–Trinajstić information content (AvgIpc) is 2.45. The molecule has 1 N–H and O–H groups in total. The number of rotatable bonds is 5. The van der Waals surface area contributed by atoms with Crippen LogP contribution in [0.2, 0.25) is 0 Å². The van der Waals surface area contributed by atoms with Crippen LogP contribution in [-0.4, -0.2) is 6.54 Å². The molecule has 0 aliphatic carbocycles. The zero-order valence-electron chi connectivity index (χ0n) is 11.8. The molecule has 3 heteroatoms. The van der Waals surface area contributed by atoms with Gasteiger partial charge in [-0.15, -0.1) is 0 Å². The molecule has 0 aliphatic rings. The fraction of sp³-hybridized carbons (Fsp3) is 0.294. The van der Waals surface area contributed by atoms with E-state index in [0.29, 0.717) is 5.56 Å². The second-order valence-electron chi connectivity index (χ2n) is 4.93. The lowest BCUT2D eigenvalue weighted by atomic mass is 9.99. The Hall–Kier alpha value is -1.74. The Labute approximate surface area is 118 Å². The molecule has 1 unspecified atom stereocenters. The van der Waals surface area contributed by atoms with Gasteiger partial charge in [0.15, 0.2) is 0 Å². The van der Waals surface area contributed by atoms with Crippen LogP contribution < -0.4 is 5.32 Å². The standard InChI is InChI=1S/C17H19F2N/c1-3-9-20-12(2)13-5-4-6-14(10-13)16-8-7-15(18)11-17(16)19/h4-8,10-12,20H,3,9H2,1-2H3. The van der Waals surface area contributed by atoms with E-state index in [-0.39, 0.29) is 6.04 Å². The molecule has 0 aromatic heterocycles. The summed E-state index contributed by atoms with van der Waals surface area (Å²) in [5.74, 6) is -1.09. The first-order chi connectivity index (χ1) is 9.61. The predicted molar refractivity (Wildman–Crippen MR) is 78.5 cm³/mol. The van der Waals surface area contributed by atoms with Gasteiger partial charge in [0.2, 0.25) is 0 Å². The van der Waals surface area contributed by atoms with Gasteiger partial charge in [-0.3, -0.25) is 0 Å². The summed E-state index contributed by atoms with van der Waals surface area (Å²) in [6, 6.07) is 11.6. The minimum atomic E-state index is -0.555. The molecule has 1 nitrogen and oxygen atoms in total. The SMILES string of the molecule is CCCNC(C)c1cccc(-c2ccc(F)cc2F)c1. The van der Waals surface area contributed by atoms with Crippen molar-refractivity contribution in [3.63, 3.8) is 0 Å². The van der Waals surface area contributed by atoms with E-state index in [1.54, 1.807) is 0 Å². The van der Waals surface area contributed by atoms with Crippen LogP contribution in [0.15, 0.2) is 42.5 Å². The summed E-state index contributed by atoms with van der Waals surface area (Å²) in [5.41, 5.74) is 2.29. The summed E-state index contributed by atoms with van der Waals surface area (Å²) >= 11 is 0. The highest BCUT2D eigenvalue weighted by atomic mass is 19.1. The molecule has 0 heterocycles. The van der Waals surface area contributed by atoms with Crippen LogP contribution in [0, 0.1) is 11.6 Å². The second-order valence-corrected chi connectivity index (χ2v) is 4.93. The molecule has 0 fully saturated rings. The minimum Gasteiger partial charge on any atom is -0.310 e. The predicted octanol–water partition coefficient (Wildman–Crippen LogP) is 4.69. The average molecular weight is 275 g/mol. The van der Waals surface area contributed by atoms with Gasteiger partial charge in [0.1, 0.15) is 11.6 Å². The maximum atomic E-state index is 13.8. The number of nitrogens with one attached hydrogen (secondary N) is 1. The molecule has 0 bridgehead atoms. The van der Waals surface area contributed by atoms with Crippen molar-refractivity contribution in [1.82, 2.24) is 5.32 Å². The summed E-state index contributed by atoms with van der Waals surface area (Å²) in [6.45, 7) is 5.14.